The maximum Gasteiger partial charge on any atom is 0.138 e. The zero-order chi connectivity index (χ0) is 13.8. The van der Waals surface area contributed by atoms with Crippen LogP contribution in [0.4, 0.5) is 0 Å². The molecule has 2 heterocycles. The van der Waals surface area contributed by atoms with Gasteiger partial charge in [-0.25, -0.2) is 0 Å². The average Bonchev–Trinajstić information content (AvgIpc) is 2.45. The molecular formula is C16H24N2O2. The fraction of sp³-hybridized carbons (Fsp3) is 0.688. The molecule has 110 valence electrons. The van der Waals surface area contributed by atoms with E-state index in [-0.39, 0.29) is 11.7 Å². The van der Waals surface area contributed by atoms with Gasteiger partial charge in [-0.15, -0.1) is 0 Å². The molecule has 20 heavy (non-hydrogen) atoms. The molecular weight excluding hydrogens is 252 g/mol. The Kier molecular flexibility index (Phi) is 4.22. The van der Waals surface area contributed by atoms with Crippen molar-refractivity contribution < 1.29 is 9.47 Å². The Hall–Kier alpha value is -1.13. The first-order valence-electron chi connectivity index (χ1n) is 7.76. The van der Waals surface area contributed by atoms with Crippen LogP contribution in [0.2, 0.25) is 0 Å². The number of ether oxygens (including phenoxy) is 2. The molecule has 1 aliphatic heterocycles. The zero-order valence-corrected chi connectivity index (χ0v) is 12.2. The molecule has 0 aromatic carbocycles. The second-order valence-electron chi connectivity index (χ2n) is 5.88. The summed E-state index contributed by atoms with van der Waals surface area (Å²) < 4.78 is 12.0. The first-order chi connectivity index (χ1) is 9.80. The van der Waals surface area contributed by atoms with Crippen LogP contribution in [-0.2, 0) is 11.3 Å². The molecule has 1 aromatic heterocycles. The lowest BCUT2D eigenvalue weighted by atomic mass is 9.74. The smallest absolute Gasteiger partial charge is 0.138 e. The molecule has 1 saturated heterocycles. The van der Waals surface area contributed by atoms with Crippen molar-refractivity contribution in [1.82, 2.24) is 10.3 Å². The summed E-state index contributed by atoms with van der Waals surface area (Å²) in [5.74, 6) is 0.881. The third-order valence-electron chi connectivity index (χ3n) is 4.37. The highest BCUT2D eigenvalue weighted by atomic mass is 16.5. The summed E-state index contributed by atoms with van der Waals surface area (Å²) >= 11 is 0. The minimum atomic E-state index is 0.140. The van der Waals surface area contributed by atoms with E-state index in [9.17, 15) is 0 Å². The fourth-order valence-corrected chi connectivity index (χ4v) is 3.03. The number of hydrogen-bond acceptors (Lipinski definition) is 4. The maximum absolute atomic E-state index is 6.08. The van der Waals surface area contributed by atoms with Crippen molar-refractivity contribution >= 4 is 0 Å². The van der Waals surface area contributed by atoms with E-state index in [4.69, 9.17) is 9.47 Å². The second kappa shape index (κ2) is 6.10. The zero-order valence-electron chi connectivity index (χ0n) is 12.2. The Morgan fingerprint density at radius 2 is 2.35 bits per heavy atom. The quantitative estimate of drug-likeness (QED) is 0.898. The van der Waals surface area contributed by atoms with Crippen molar-refractivity contribution in [3.8, 4) is 5.75 Å². The summed E-state index contributed by atoms with van der Waals surface area (Å²) in [5, 5.41) is 3.27. The molecule has 0 amide bonds. The van der Waals surface area contributed by atoms with Crippen LogP contribution in [0.25, 0.3) is 0 Å². The number of nitrogens with one attached hydrogen (secondary N) is 1. The number of aromatic nitrogens is 1. The van der Waals surface area contributed by atoms with E-state index in [1.807, 2.05) is 18.3 Å². The summed E-state index contributed by atoms with van der Waals surface area (Å²) in [6.07, 6.45) is 7.85. The monoisotopic (exact) mass is 276 g/mol. The number of pyridine rings is 1. The molecule has 0 radical (unpaired) electrons. The normalized spacial score (nSPS) is 24.4. The van der Waals surface area contributed by atoms with E-state index in [1.54, 1.807) is 0 Å². The fourth-order valence-electron chi connectivity index (χ4n) is 3.03. The van der Waals surface area contributed by atoms with Crippen molar-refractivity contribution in [3.05, 3.63) is 24.0 Å². The Balaban J connectivity index is 1.54. The number of nitrogens with zero attached hydrogens (tertiary/aromatic N) is 1. The van der Waals surface area contributed by atoms with Gasteiger partial charge in [-0.3, -0.25) is 4.98 Å². The van der Waals surface area contributed by atoms with Gasteiger partial charge in [0.25, 0.3) is 0 Å². The summed E-state index contributed by atoms with van der Waals surface area (Å²) in [7, 11) is 0. The Morgan fingerprint density at radius 1 is 1.45 bits per heavy atom. The third kappa shape index (κ3) is 3.13. The van der Waals surface area contributed by atoms with E-state index in [1.165, 1.54) is 19.3 Å². The molecule has 1 spiro atoms. The lowest BCUT2D eigenvalue weighted by Gasteiger charge is -2.46. The Morgan fingerprint density at radius 3 is 3.00 bits per heavy atom. The third-order valence-corrected chi connectivity index (χ3v) is 4.37. The highest BCUT2D eigenvalue weighted by molar-refractivity contribution is 5.20. The molecule has 0 bridgehead atoms. The van der Waals surface area contributed by atoms with Gasteiger partial charge in [0.15, 0.2) is 0 Å². The van der Waals surface area contributed by atoms with E-state index < -0.39 is 0 Å². The van der Waals surface area contributed by atoms with E-state index in [0.29, 0.717) is 0 Å². The maximum atomic E-state index is 6.08. The van der Waals surface area contributed by atoms with Crippen LogP contribution in [-0.4, -0.2) is 29.8 Å². The molecule has 1 saturated carbocycles. The molecule has 2 aliphatic rings. The SMILES string of the molecule is CCNCc1ccc(OC2CCOC3(CCC3)C2)cn1. The Labute approximate surface area is 120 Å². The van der Waals surface area contributed by atoms with Crippen LogP contribution in [0.1, 0.15) is 44.7 Å². The first-order valence-corrected chi connectivity index (χ1v) is 7.76. The van der Waals surface area contributed by atoms with Gasteiger partial charge in [0.1, 0.15) is 11.9 Å². The molecule has 1 N–H and O–H groups in total. The predicted octanol–water partition coefficient (Wildman–Crippen LogP) is 2.67. The largest absolute Gasteiger partial charge is 0.489 e. The summed E-state index contributed by atoms with van der Waals surface area (Å²) in [4.78, 5) is 4.43. The van der Waals surface area contributed by atoms with Crippen LogP contribution in [0.5, 0.6) is 5.75 Å². The molecule has 1 aromatic rings. The van der Waals surface area contributed by atoms with Crippen molar-refractivity contribution in [2.75, 3.05) is 13.2 Å². The summed E-state index contributed by atoms with van der Waals surface area (Å²) in [6.45, 7) is 4.71. The predicted molar refractivity (Wildman–Crippen MR) is 77.8 cm³/mol. The topological polar surface area (TPSA) is 43.4 Å². The molecule has 2 fully saturated rings. The molecule has 4 heteroatoms. The van der Waals surface area contributed by atoms with Gasteiger partial charge >= 0.3 is 0 Å². The van der Waals surface area contributed by atoms with E-state index in [0.717, 1.165) is 44.0 Å². The minimum Gasteiger partial charge on any atom is -0.489 e. The number of hydrogen-bond donors (Lipinski definition) is 1. The lowest BCUT2D eigenvalue weighted by Crippen LogP contribution is -2.48. The van der Waals surface area contributed by atoms with E-state index in [2.05, 4.69) is 17.2 Å². The highest BCUT2D eigenvalue weighted by Crippen LogP contribution is 2.43. The lowest BCUT2D eigenvalue weighted by molar-refractivity contribution is -0.153. The molecule has 1 unspecified atom stereocenters. The van der Waals surface area contributed by atoms with Gasteiger partial charge in [-0.1, -0.05) is 6.92 Å². The van der Waals surface area contributed by atoms with Crippen LogP contribution in [0, 0.1) is 0 Å². The molecule has 1 aliphatic carbocycles. The molecule has 3 rings (SSSR count). The van der Waals surface area contributed by atoms with Crippen molar-refractivity contribution in [1.29, 1.82) is 0 Å². The molecule has 1 atom stereocenters. The summed E-state index contributed by atoms with van der Waals surface area (Å²) in [5.41, 5.74) is 1.20. The molecule has 4 nitrogen and oxygen atoms in total. The van der Waals surface area contributed by atoms with Crippen LogP contribution >= 0.6 is 0 Å². The van der Waals surface area contributed by atoms with Gasteiger partial charge in [0, 0.05) is 19.4 Å². The van der Waals surface area contributed by atoms with Crippen molar-refractivity contribution in [2.24, 2.45) is 0 Å². The van der Waals surface area contributed by atoms with Gasteiger partial charge in [0.2, 0.25) is 0 Å². The summed E-state index contributed by atoms with van der Waals surface area (Å²) in [6, 6.07) is 4.07. The average molecular weight is 276 g/mol. The van der Waals surface area contributed by atoms with E-state index >= 15 is 0 Å². The second-order valence-corrected chi connectivity index (χ2v) is 5.88. The van der Waals surface area contributed by atoms with Crippen LogP contribution < -0.4 is 10.1 Å². The van der Waals surface area contributed by atoms with Crippen molar-refractivity contribution in [2.45, 2.75) is 57.3 Å². The standard InChI is InChI=1S/C16H24N2O2/c1-2-17-11-13-4-5-15(12-18-13)20-14-6-9-19-16(10-14)7-3-8-16/h4-5,12,14,17H,2-3,6-11H2,1H3. The first kappa shape index (κ1) is 13.8. The van der Waals surface area contributed by atoms with Crippen LogP contribution in [0.15, 0.2) is 18.3 Å². The van der Waals surface area contributed by atoms with Crippen molar-refractivity contribution in [3.63, 3.8) is 0 Å². The van der Waals surface area contributed by atoms with Gasteiger partial charge in [-0.05, 0) is 37.9 Å². The van der Waals surface area contributed by atoms with Crippen LogP contribution in [0.3, 0.4) is 0 Å². The van der Waals surface area contributed by atoms with Gasteiger partial charge in [0.05, 0.1) is 24.1 Å². The number of rotatable bonds is 5. The Bertz CT molecular complexity index is 429. The minimum absolute atomic E-state index is 0.140. The van der Waals surface area contributed by atoms with Gasteiger partial charge < -0.3 is 14.8 Å². The highest BCUT2D eigenvalue weighted by Gasteiger charge is 2.43. The van der Waals surface area contributed by atoms with Gasteiger partial charge in [-0.2, -0.15) is 0 Å².